The summed E-state index contributed by atoms with van der Waals surface area (Å²) in [7, 11) is -3.80. The molecule has 4 nitrogen and oxygen atoms in total. The molecule has 0 aliphatic rings. The van der Waals surface area contributed by atoms with Crippen molar-refractivity contribution in [3.8, 4) is 0 Å². The molecule has 2 aromatic carbocycles. The van der Waals surface area contributed by atoms with E-state index in [0.29, 0.717) is 15.7 Å². The first kappa shape index (κ1) is 15.9. The number of nitrogens with two attached hydrogens (primary N) is 1. The van der Waals surface area contributed by atoms with Gasteiger partial charge in [0.05, 0.1) is 10.6 Å². The topological polar surface area (TPSA) is 72.2 Å². The van der Waals surface area contributed by atoms with E-state index in [1.54, 1.807) is 18.2 Å². The minimum Gasteiger partial charge on any atom is -0.389 e. The molecule has 0 saturated heterocycles. The minimum absolute atomic E-state index is 0.0331. The van der Waals surface area contributed by atoms with Crippen molar-refractivity contribution in [1.29, 1.82) is 0 Å². The fourth-order valence-electron chi connectivity index (χ4n) is 1.57. The van der Waals surface area contributed by atoms with E-state index in [2.05, 4.69) is 20.7 Å². The van der Waals surface area contributed by atoms with Crippen LogP contribution in [0.4, 0.5) is 10.1 Å². The Morgan fingerprint density at radius 2 is 1.81 bits per heavy atom. The number of halogens is 2. The Morgan fingerprint density at radius 1 is 1.19 bits per heavy atom. The fourth-order valence-corrected chi connectivity index (χ4v) is 3.38. The highest BCUT2D eigenvalue weighted by Gasteiger charge is 2.16. The first-order chi connectivity index (χ1) is 9.79. The van der Waals surface area contributed by atoms with Gasteiger partial charge in [-0.3, -0.25) is 4.72 Å². The summed E-state index contributed by atoms with van der Waals surface area (Å²) in [6.45, 7) is 0. The van der Waals surface area contributed by atoms with Crippen LogP contribution in [0.15, 0.2) is 51.8 Å². The highest BCUT2D eigenvalue weighted by atomic mass is 79.9. The van der Waals surface area contributed by atoms with Crippen molar-refractivity contribution in [1.82, 2.24) is 0 Å². The maximum atomic E-state index is 12.8. The van der Waals surface area contributed by atoms with E-state index >= 15 is 0 Å². The van der Waals surface area contributed by atoms with Gasteiger partial charge < -0.3 is 5.73 Å². The molecule has 0 bridgehead atoms. The molecular weight excluding hydrogens is 379 g/mol. The molecule has 0 heterocycles. The van der Waals surface area contributed by atoms with Crippen LogP contribution in [-0.2, 0) is 10.0 Å². The van der Waals surface area contributed by atoms with Gasteiger partial charge in [0, 0.05) is 10.0 Å². The second-order valence-electron chi connectivity index (χ2n) is 4.12. The number of hydrogen-bond acceptors (Lipinski definition) is 3. The Balaban J connectivity index is 2.32. The van der Waals surface area contributed by atoms with Crippen LogP contribution in [0.3, 0.4) is 0 Å². The molecule has 0 aliphatic heterocycles. The van der Waals surface area contributed by atoms with Gasteiger partial charge in [0.15, 0.2) is 0 Å². The number of rotatable bonds is 4. The second kappa shape index (κ2) is 6.08. The first-order valence-electron chi connectivity index (χ1n) is 5.67. The molecule has 2 rings (SSSR count). The molecule has 0 spiro atoms. The summed E-state index contributed by atoms with van der Waals surface area (Å²) in [6, 6.07) is 9.31. The van der Waals surface area contributed by atoms with Crippen molar-refractivity contribution in [3.63, 3.8) is 0 Å². The van der Waals surface area contributed by atoms with Crippen LogP contribution in [-0.4, -0.2) is 13.4 Å². The molecule has 0 atom stereocenters. The van der Waals surface area contributed by atoms with Gasteiger partial charge in [-0.2, -0.15) is 0 Å². The lowest BCUT2D eigenvalue weighted by Gasteiger charge is -2.11. The molecule has 0 saturated carbocycles. The molecule has 0 aromatic heterocycles. The van der Waals surface area contributed by atoms with E-state index < -0.39 is 15.8 Å². The Hall–Kier alpha value is -1.51. The molecule has 3 N–H and O–H groups in total. The molecule has 21 heavy (non-hydrogen) atoms. The van der Waals surface area contributed by atoms with Crippen LogP contribution in [0.1, 0.15) is 5.56 Å². The van der Waals surface area contributed by atoms with E-state index in [-0.39, 0.29) is 9.88 Å². The fraction of sp³-hybridized carbons (Fsp3) is 0. The summed E-state index contributed by atoms with van der Waals surface area (Å²) in [4.78, 5) is 0.179. The van der Waals surface area contributed by atoms with Gasteiger partial charge in [-0.25, -0.2) is 12.8 Å². The van der Waals surface area contributed by atoms with E-state index in [0.717, 1.165) is 12.1 Å². The molecule has 0 radical (unpaired) electrons. The van der Waals surface area contributed by atoms with Crippen LogP contribution in [0.2, 0.25) is 0 Å². The lowest BCUT2D eigenvalue weighted by Crippen LogP contribution is -2.14. The van der Waals surface area contributed by atoms with Crippen molar-refractivity contribution < 1.29 is 12.8 Å². The zero-order chi connectivity index (χ0) is 15.6. The Labute approximate surface area is 135 Å². The minimum atomic E-state index is -3.80. The zero-order valence-corrected chi connectivity index (χ0v) is 13.7. The molecule has 0 aliphatic carbocycles. The van der Waals surface area contributed by atoms with E-state index in [9.17, 15) is 12.8 Å². The third-order valence-corrected chi connectivity index (χ3v) is 4.90. The molecule has 110 valence electrons. The molecule has 2 aromatic rings. The number of anilines is 1. The Morgan fingerprint density at radius 3 is 2.33 bits per heavy atom. The first-order valence-corrected chi connectivity index (χ1v) is 8.36. The van der Waals surface area contributed by atoms with Crippen LogP contribution in [0.5, 0.6) is 0 Å². The standard InChI is InChI=1S/C13H10BrFN2O2S2/c14-11-7-8(13(16)20)1-6-12(11)17-21(18,19)10-4-2-9(15)3-5-10/h1-7,17H,(H2,16,20). The van der Waals surface area contributed by atoms with Crippen LogP contribution in [0, 0.1) is 5.82 Å². The highest BCUT2D eigenvalue weighted by molar-refractivity contribution is 9.10. The summed E-state index contributed by atoms with van der Waals surface area (Å²) in [5.41, 5.74) is 6.45. The van der Waals surface area contributed by atoms with Crippen molar-refractivity contribution in [2.45, 2.75) is 4.90 Å². The molecule has 0 amide bonds. The van der Waals surface area contributed by atoms with Gasteiger partial charge in [0.2, 0.25) is 0 Å². The SMILES string of the molecule is NC(=S)c1ccc(NS(=O)(=O)c2ccc(F)cc2)c(Br)c1. The third kappa shape index (κ3) is 3.78. The van der Waals surface area contributed by atoms with Gasteiger partial charge in [-0.05, 0) is 58.4 Å². The summed E-state index contributed by atoms with van der Waals surface area (Å²) in [5.74, 6) is -0.504. The van der Waals surface area contributed by atoms with Gasteiger partial charge >= 0.3 is 0 Å². The quantitative estimate of drug-likeness (QED) is 0.789. The maximum absolute atomic E-state index is 12.8. The average Bonchev–Trinajstić information content (AvgIpc) is 2.41. The number of hydrogen-bond donors (Lipinski definition) is 2. The van der Waals surface area contributed by atoms with Gasteiger partial charge in [0.1, 0.15) is 10.8 Å². The van der Waals surface area contributed by atoms with Crippen LogP contribution < -0.4 is 10.5 Å². The largest absolute Gasteiger partial charge is 0.389 e. The lowest BCUT2D eigenvalue weighted by molar-refractivity contribution is 0.599. The van der Waals surface area contributed by atoms with Crippen molar-refractivity contribution in [2.24, 2.45) is 5.73 Å². The van der Waals surface area contributed by atoms with E-state index in [1.165, 1.54) is 12.1 Å². The van der Waals surface area contributed by atoms with Crippen molar-refractivity contribution >= 4 is 48.8 Å². The van der Waals surface area contributed by atoms with Gasteiger partial charge in [0.25, 0.3) is 10.0 Å². The molecular formula is C13H10BrFN2O2S2. The maximum Gasteiger partial charge on any atom is 0.261 e. The summed E-state index contributed by atoms with van der Waals surface area (Å²) < 4.78 is 40.1. The number of thiocarbonyl (C=S) groups is 1. The second-order valence-corrected chi connectivity index (χ2v) is 7.09. The molecule has 0 unspecified atom stereocenters. The predicted molar refractivity (Wildman–Crippen MR) is 87.2 cm³/mol. The smallest absolute Gasteiger partial charge is 0.261 e. The van der Waals surface area contributed by atoms with Crippen molar-refractivity contribution in [3.05, 3.63) is 58.3 Å². The van der Waals surface area contributed by atoms with Crippen LogP contribution >= 0.6 is 28.1 Å². The lowest BCUT2D eigenvalue weighted by atomic mass is 10.2. The number of nitrogens with one attached hydrogen (secondary N) is 1. The molecule has 8 heteroatoms. The molecule has 0 fully saturated rings. The van der Waals surface area contributed by atoms with E-state index in [4.69, 9.17) is 18.0 Å². The monoisotopic (exact) mass is 388 g/mol. The zero-order valence-electron chi connectivity index (χ0n) is 10.5. The average molecular weight is 389 g/mol. The number of benzene rings is 2. The summed E-state index contributed by atoms with van der Waals surface area (Å²) in [5, 5.41) is 0. The Bertz CT molecular complexity index is 792. The summed E-state index contributed by atoms with van der Waals surface area (Å²) >= 11 is 8.10. The third-order valence-electron chi connectivity index (χ3n) is 2.62. The van der Waals surface area contributed by atoms with Gasteiger partial charge in [-0.1, -0.05) is 12.2 Å². The van der Waals surface area contributed by atoms with Gasteiger partial charge in [-0.15, -0.1) is 0 Å². The summed E-state index contributed by atoms with van der Waals surface area (Å²) in [6.07, 6.45) is 0. The number of sulfonamides is 1. The Kier molecular flexibility index (Phi) is 4.60. The highest BCUT2D eigenvalue weighted by Crippen LogP contribution is 2.26. The van der Waals surface area contributed by atoms with Crippen molar-refractivity contribution in [2.75, 3.05) is 4.72 Å². The predicted octanol–water partition coefficient (Wildman–Crippen LogP) is 3.02. The van der Waals surface area contributed by atoms with E-state index in [1.807, 2.05) is 0 Å². The van der Waals surface area contributed by atoms with Crippen LogP contribution in [0.25, 0.3) is 0 Å². The normalized spacial score (nSPS) is 11.1.